The maximum Gasteiger partial charge on any atom is 0.228 e. The SMILES string of the molecule is Cn1nc2nc(N3CCN(CCN4CCCCC4)CC3)nc(-c3ccccc3)c2c1N. The zero-order chi connectivity index (χ0) is 21.2. The molecule has 0 spiro atoms. The summed E-state index contributed by atoms with van der Waals surface area (Å²) in [7, 11) is 1.85. The first-order chi connectivity index (χ1) is 15.2. The van der Waals surface area contributed by atoms with Gasteiger partial charge in [0.05, 0.1) is 11.1 Å². The Morgan fingerprint density at radius 3 is 2.23 bits per heavy atom. The summed E-state index contributed by atoms with van der Waals surface area (Å²) in [5.41, 5.74) is 8.88. The number of piperidine rings is 1. The minimum Gasteiger partial charge on any atom is -0.383 e. The smallest absolute Gasteiger partial charge is 0.228 e. The van der Waals surface area contributed by atoms with E-state index < -0.39 is 0 Å². The molecule has 0 amide bonds. The summed E-state index contributed by atoms with van der Waals surface area (Å²) in [5.74, 6) is 1.35. The van der Waals surface area contributed by atoms with E-state index in [2.05, 4.69) is 31.9 Å². The van der Waals surface area contributed by atoms with Gasteiger partial charge in [0, 0.05) is 51.9 Å². The van der Waals surface area contributed by atoms with E-state index in [4.69, 9.17) is 15.7 Å². The molecule has 2 aliphatic rings. The van der Waals surface area contributed by atoms with Crippen LogP contribution in [0.4, 0.5) is 11.8 Å². The lowest BCUT2D eigenvalue weighted by Gasteiger charge is -2.36. The zero-order valence-electron chi connectivity index (χ0n) is 18.4. The number of hydrogen-bond donors (Lipinski definition) is 1. The molecule has 0 unspecified atom stereocenters. The number of hydrogen-bond acceptors (Lipinski definition) is 7. The molecule has 0 atom stereocenters. The highest BCUT2D eigenvalue weighted by atomic mass is 15.4. The standard InChI is InChI=1S/C23H32N8/c1-28-21(24)19-20(18-8-4-2-5-9-18)25-23(26-22(19)27-28)31-16-14-30(15-17-31)13-12-29-10-6-3-7-11-29/h2,4-5,8-9H,3,6-7,10-17,24H2,1H3. The number of piperazine rings is 1. The number of rotatable bonds is 5. The minimum absolute atomic E-state index is 0.600. The van der Waals surface area contributed by atoms with E-state index in [1.165, 1.54) is 38.9 Å². The molecule has 2 aliphatic heterocycles. The maximum atomic E-state index is 6.31. The second kappa shape index (κ2) is 8.80. The van der Waals surface area contributed by atoms with Crippen LogP contribution in [0.5, 0.6) is 0 Å². The molecule has 2 saturated heterocycles. The molecule has 0 radical (unpaired) electrons. The van der Waals surface area contributed by atoms with Crippen molar-refractivity contribution in [1.29, 1.82) is 0 Å². The molecular formula is C23H32N8. The van der Waals surface area contributed by atoms with E-state index >= 15 is 0 Å². The Labute approximate surface area is 183 Å². The third-order valence-corrected chi connectivity index (χ3v) is 6.61. The van der Waals surface area contributed by atoms with Crippen molar-refractivity contribution < 1.29 is 0 Å². The highest BCUT2D eigenvalue weighted by Crippen LogP contribution is 2.31. The van der Waals surface area contributed by atoms with E-state index in [1.807, 2.05) is 25.2 Å². The van der Waals surface area contributed by atoms with Crippen LogP contribution < -0.4 is 10.6 Å². The van der Waals surface area contributed by atoms with Gasteiger partial charge in [-0.1, -0.05) is 36.8 Å². The molecule has 2 aromatic heterocycles. The number of benzene rings is 1. The van der Waals surface area contributed by atoms with E-state index in [-0.39, 0.29) is 0 Å². The lowest BCUT2D eigenvalue weighted by Crippen LogP contribution is -2.49. The number of anilines is 2. The second-order valence-electron chi connectivity index (χ2n) is 8.68. The van der Waals surface area contributed by atoms with Gasteiger partial charge in [-0.15, -0.1) is 0 Å². The average molecular weight is 421 g/mol. The fraction of sp³-hybridized carbons (Fsp3) is 0.522. The molecule has 2 N–H and O–H groups in total. The Morgan fingerprint density at radius 1 is 0.839 bits per heavy atom. The highest BCUT2D eigenvalue weighted by Gasteiger charge is 2.23. The third-order valence-electron chi connectivity index (χ3n) is 6.61. The molecular weight excluding hydrogens is 388 g/mol. The van der Waals surface area contributed by atoms with Crippen molar-refractivity contribution in [3.63, 3.8) is 0 Å². The Kier molecular flexibility index (Phi) is 5.74. The Morgan fingerprint density at radius 2 is 1.52 bits per heavy atom. The van der Waals surface area contributed by atoms with Gasteiger partial charge in [-0.2, -0.15) is 10.1 Å². The average Bonchev–Trinajstić information content (AvgIpc) is 3.12. The first kappa shape index (κ1) is 20.2. The molecule has 164 valence electrons. The predicted octanol–water partition coefficient (Wildman–Crippen LogP) is 2.22. The number of nitrogens with zero attached hydrogens (tertiary/aromatic N) is 7. The number of fused-ring (bicyclic) bond motifs is 1. The third kappa shape index (κ3) is 4.22. The van der Waals surface area contributed by atoms with Crippen LogP contribution in [-0.4, -0.2) is 81.9 Å². The van der Waals surface area contributed by atoms with E-state index in [0.29, 0.717) is 11.5 Å². The van der Waals surface area contributed by atoms with E-state index in [0.717, 1.165) is 55.3 Å². The van der Waals surface area contributed by atoms with Crippen LogP contribution in [0.1, 0.15) is 19.3 Å². The van der Waals surface area contributed by atoms with E-state index in [1.54, 1.807) is 4.68 Å². The lowest BCUT2D eigenvalue weighted by molar-refractivity contribution is 0.176. The summed E-state index contributed by atoms with van der Waals surface area (Å²) in [6.07, 6.45) is 4.11. The van der Waals surface area contributed by atoms with Gasteiger partial charge in [-0.3, -0.25) is 9.58 Å². The quantitative estimate of drug-likeness (QED) is 0.678. The normalized spacial score (nSPS) is 18.7. The van der Waals surface area contributed by atoms with Gasteiger partial charge in [0.25, 0.3) is 0 Å². The molecule has 4 heterocycles. The van der Waals surface area contributed by atoms with Crippen LogP contribution in [0.15, 0.2) is 30.3 Å². The molecule has 1 aromatic carbocycles. The Bertz CT molecular complexity index is 1020. The lowest BCUT2D eigenvalue weighted by atomic mass is 10.1. The van der Waals surface area contributed by atoms with Gasteiger partial charge in [0.2, 0.25) is 5.95 Å². The number of aryl methyl sites for hydroxylation is 1. The predicted molar refractivity (Wildman–Crippen MR) is 125 cm³/mol. The van der Waals surface area contributed by atoms with Crippen LogP contribution in [0, 0.1) is 0 Å². The fourth-order valence-corrected chi connectivity index (χ4v) is 4.69. The van der Waals surface area contributed by atoms with Crippen LogP contribution in [0.2, 0.25) is 0 Å². The van der Waals surface area contributed by atoms with Gasteiger partial charge in [-0.05, 0) is 25.9 Å². The molecule has 5 rings (SSSR count). The van der Waals surface area contributed by atoms with Crippen LogP contribution in [-0.2, 0) is 7.05 Å². The molecule has 0 bridgehead atoms. The van der Waals surface area contributed by atoms with E-state index in [9.17, 15) is 0 Å². The van der Waals surface area contributed by atoms with Crippen LogP contribution in [0.3, 0.4) is 0 Å². The van der Waals surface area contributed by atoms with Gasteiger partial charge in [0.1, 0.15) is 5.82 Å². The van der Waals surface area contributed by atoms with Crippen LogP contribution >= 0.6 is 0 Å². The number of likely N-dealkylation sites (tertiary alicyclic amines) is 1. The van der Waals surface area contributed by atoms with Crippen molar-refractivity contribution >= 4 is 22.8 Å². The van der Waals surface area contributed by atoms with Gasteiger partial charge in [-0.25, -0.2) is 4.98 Å². The summed E-state index contributed by atoms with van der Waals surface area (Å²) in [5, 5.41) is 5.38. The summed E-state index contributed by atoms with van der Waals surface area (Å²) < 4.78 is 1.69. The largest absolute Gasteiger partial charge is 0.383 e. The number of nitrogen functional groups attached to an aromatic ring is 1. The van der Waals surface area contributed by atoms with Crippen molar-refractivity contribution in [2.45, 2.75) is 19.3 Å². The zero-order valence-corrected chi connectivity index (χ0v) is 18.4. The van der Waals surface area contributed by atoms with Crippen molar-refractivity contribution in [3.8, 4) is 11.3 Å². The van der Waals surface area contributed by atoms with Crippen molar-refractivity contribution in [2.75, 3.05) is 63.0 Å². The van der Waals surface area contributed by atoms with Crippen molar-refractivity contribution in [3.05, 3.63) is 30.3 Å². The second-order valence-corrected chi connectivity index (χ2v) is 8.68. The highest BCUT2D eigenvalue weighted by molar-refractivity contribution is 5.98. The summed E-state index contributed by atoms with van der Waals surface area (Å²) >= 11 is 0. The summed E-state index contributed by atoms with van der Waals surface area (Å²) in [6, 6.07) is 10.2. The summed E-state index contributed by atoms with van der Waals surface area (Å²) in [6.45, 7) is 8.82. The topological polar surface area (TPSA) is 79.3 Å². The maximum absolute atomic E-state index is 6.31. The molecule has 31 heavy (non-hydrogen) atoms. The molecule has 8 heteroatoms. The molecule has 0 saturated carbocycles. The first-order valence-electron chi connectivity index (χ1n) is 11.4. The van der Waals surface area contributed by atoms with Crippen molar-refractivity contribution in [1.82, 2.24) is 29.5 Å². The molecule has 0 aliphatic carbocycles. The van der Waals surface area contributed by atoms with Crippen molar-refractivity contribution in [2.24, 2.45) is 7.05 Å². The van der Waals surface area contributed by atoms with Gasteiger partial charge >= 0.3 is 0 Å². The molecule has 3 aromatic rings. The van der Waals surface area contributed by atoms with Crippen LogP contribution in [0.25, 0.3) is 22.3 Å². The van der Waals surface area contributed by atoms with Gasteiger partial charge < -0.3 is 15.5 Å². The number of aromatic nitrogens is 4. The fourth-order valence-electron chi connectivity index (χ4n) is 4.69. The molecule has 2 fully saturated rings. The Hall–Kier alpha value is -2.71. The first-order valence-corrected chi connectivity index (χ1v) is 11.4. The van der Waals surface area contributed by atoms with Gasteiger partial charge in [0.15, 0.2) is 5.65 Å². The monoisotopic (exact) mass is 420 g/mol. The Balaban J connectivity index is 1.33. The summed E-state index contributed by atoms with van der Waals surface area (Å²) in [4.78, 5) is 17.2. The molecule has 8 nitrogen and oxygen atoms in total. The number of nitrogens with two attached hydrogens (primary N) is 1. The minimum atomic E-state index is 0.600.